The Morgan fingerprint density at radius 2 is 0.884 bits per heavy atom. The van der Waals surface area contributed by atoms with Crippen molar-refractivity contribution in [1.29, 1.82) is 0 Å². The lowest BCUT2D eigenvalue weighted by molar-refractivity contribution is -0.144. The van der Waals surface area contributed by atoms with Crippen LogP contribution in [0.3, 0.4) is 0 Å². The first-order chi connectivity index (χ1) is 44.8. The van der Waals surface area contributed by atoms with Crippen molar-refractivity contribution in [3.05, 3.63) is 148 Å². The van der Waals surface area contributed by atoms with Gasteiger partial charge >= 0.3 is 12.1 Å². The Labute approximate surface area is 571 Å². The van der Waals surface area contributed by atoms with Crippen molar-refractivity contribution in [2.75, 3.05) is 38.4 Å². The number of anilines is 1. The molecule has 0 fully saturated rings. The van der Waals surface area contributed by atoms with Gasteiger partial charge in [0.1, 0.15) is 51.5 Å². The van der Waals surface area contributed by atoms with Gasteiger partial charge in [-0.2, -0.15) is 10.2 Å². The van der Waals surface area contributed by atoms with E-state index in [0.29, 0.717) is 33.5 Å². The molecule has 514 valence electrons. The molecule has 0 aliphatic heterocycles. The zero-order chi connectivity index (χ0) is 68.5. The number of fused-ring (bicyclic) bond motifs is 4. The number of nitrogens with zero attached hydrogens (tertiary/aromatic N) is 7. The third kappa shape index (κ3) is 20.9. The number of hydrogen-bond donors (Lipinski definition) is 0. The van der Waals surface area contributed by atoms with E-state index in [1.54, 1.807) is 11.9 Å². The number of aromatic nitrogens is 6. The zero-order valence-electron chi connectivity index (χ0n) is 60.6. The predicted molar refractivity (Wildman–Crippen MR) is 399 cm³/mol. The minimum atomic E-state index is -1.26. The van der Waals surface area contributed by atoms with Crippen molar-refractivity contribution < 1.29 is 38.0 Å². The molecule has 95 heavy (non-hydrogen) atoms. The number of ether oxygens (including phenoxy) is 6. The molecule has 4 aromatic carbocycles. The molecule has 1 amide bonds. The minimum absolute atomic E-state index is 0.210. The van der Waals surface area contributed by atoms with Gasteiger partial charge in [0.15, 0.2) is 0 Å². The average Bonchev–Trinajstić information content (AvgIpc) is 1.64. The largest absolute Gasteiger partial charge is 0.461 e. The minimum Gasteiger partial charge on any atom is -0.461 e. The zero-order valence-corrected chi connectivity index (χ0v) is 64.6. The topological polar surface area (TPSA) is 138 Å². The first-order valence-corrected chi connectivity index (χ1v) is 49.5. The van der Waals surface area contributed by atoms with Gasteiger partial charge < -0.3 is 37.6 Å². The fourth-order valence-corrected chi connectivity index (χ4v) is 15.2. The van der Waals surface area contributed by atoms with Crippen molar-refractivity contribution in [3.8, 4) is 22.8 Å². The maximum atomic E-state index is 13.1. The highest BCUT2D eigenvalue weighted by molar-refractivity contribution is 6.77. The van der Waals surface area contributed by atoms with Gasteiger partial charge in [-0.15, -0.1) is 0 Å². The van der Waals surface area contributed by atoms with Crippen LogP contribution in [0.4, 0.5) is 10.5 Å². The molecule has 4 aromatic heterocycles. The van der Waals surface area contributed by atoms with E-state index in [9.17, 15) is 9.59 Å². The molecule has 0 saturated carbocycles. The molecule has 0 bridgehead atoms. The van der Waals surface area contributed by atoms with E-state index in [2.05, 4.69) is 161 Å². The first-order valence-electron chi connectivity index (χ1n) is 34.7. The quantitative estimate of drug-likeness (QED) is 0.0253. The molecule has 0 unspecified atom stereocenters. The van der Waals surface area contributed by atoms with Gasteiger partial charge in [0.05, 0.1) is 28.8 Å². The van der Waals surface area contributed by atoms with Gasteiger partial charge in [0.2, 0.25) is 0 Å². The second kappa shape index (κ2) is 31.1. The molecule has 8 aromatic rings. The van der Waals surface area contributed by atoms with Gasteiger partial charge in [0.25, 0.3) is 0 Å². The fraction of sp³-hybridized carbons (Fsp3) is 0.526. The smallest absolute Gasteiger partial charge is 0.414 e. The standard InChI is InChI=1S/C38H56N4O4Si2.C38H55N3O4Si2/c1-38(2)18-17-32-35(25-38)42(28-45-20-22-48(7,8)9)39-36(32)34-23-30-15-16-31(24-33(30)41(34)27-44-19-21-47(4,5)6)40(3)37(43)46-26-29-13-11-10-12-14-29;1-38(2)17-16-32-35(25-38)41(28-44-19-21-47(6,7)8)39-37(32)34-24-31-15-14-30(23-36(42)45-26-29-12-10-9-11-13-29)22-33(31)40(34)27-43-18-20-46(3,4)5/h10-16,23-24H,17-22,25-28H2,1-9H3;9-15,22,24H,16-21,23,25-28H2,1-8H3. The monoisotopic (exact) mass is 1360 g/mol. The van der Waals surface area contributed by atoms with Crippen molar-refractivity contribution in [2.45, 2.75) is 216 Å². The molecule has 2 aliphatic rings. The van der Waals surface area contributed by atoms with Crippen LogP contribution in [0.15, 0.2) is 109 Å². The molecule has 0 saturated heterocycles. The molecule has 0 N–H and O–H groups in total. The lowest BCUT2D eigenvalue weighted by atomic mass is 9.76. The molecule has 0 atom stereocenters. The highest BCUT2D eigenvalue weighted by Crippen LogP contribution is 2.43. The number of esters is 1. The van der Waals surface area contributed by atoms with E-state index in [1.165, 1.54) is 22.5 Å². The van der Waals surface area contributed by atoms with E-state index < -0.39 is 38.4 Å². The summed E-state index contributed by atoms with van der Waals surface area (Å²) in [6.07, 6.45) is 5.98. The highest BCUT2D eigenvalue weighted by Gasteiger charge is 2.35. The number of carbonyl (C=O) groups is 2. The van der Waals surface area contributed by atoms with Crippen LogP contribution in [0.5, 0.6) is 0 Å². The van der Waals surface area contributed by atoms with Crippen LogP contribution in [0, 0.1) is 10.8 Å². The molecule has 0 spiro atoms. The summed E-state index contributed by atoms with van der Waals surface area (Å²) in [6, 6.07) is 40.9. The number of rotatable bonds is 29. The van der Waals surface area contributed by atoms with E-state index >= 15 is 0 Å². The summed E-state index contributed by atoms with van der Waals surface area (Å²) >= 11 is 0. The van der Waals surface area contributed by atoms with Gasteiger partial charge in [-0.05, 0) is 121 Å². The molecule has 2 aliphatic carbocycles. The van der Waals surface area contributed by atoms with Crippen molar-refractivity contribution in [1.82, 2.24) is 28.7 Å². The van der Waals surface area contributed by atoms with Crippen LogP contribution in [-0.2, 0) is 105 Å². The van der Waals surface area contributed by atoms with Gasteiger partial charge in [-0.1, -0.05) is 185 Å². The van der Waals surface area contributed by atoms with Crippen LogP contribution in [0.2, 0.25) is 103 Å². The van der Waals surface area contributed by atoms with Gasteiger partial charge in [-0.25, -0.2) is 14.2 Å². The Morgan fingerprint density at radius 3 is 1.32 bits per heavy atom. The summed E-state index contributed by atoms with van der Waals surface area (Å²) in [6.45, 7) is 43.2. The van der Waals surface area contributed by atoms with E-state index in [4.69, 9.17) is 38.6 Å². The number of amides is 1. The molecular formula is C76H111N7O8Si4. The Kier molecular flexibility index (Phi) is 24.0. The Balaban J connectivity index is 0.000000223. The predicted octanol–water partition coefficient (Wildman–Crippen LogP) is 18.3. The molecule has 19 heteroatoms. The number of benzene rings is 4. The summed E-state index contributed by atoms with van der Waals surface area (Å²) in [5, 5.41) is 12.7. The first kappa shape index (κ1) is 73.1. The lowest BCUT2D eigenvalue weighted by Gasteiger charge is -2.30. The number of carbonyl (C=O) groups excluding carboxylic acids is 2. The molecular weight excluding hydrogens is 1250 g/mol. The Morgan fingerprint density at radius 1 is 0.484 bits per heavy atom. The van der Waals surface area contributed by atoms with Crippen LogP contribution in [0.1, 0.15) is 79.7 Å². The van der Waals surface area contributed by atoms with E-state index in [-0.39, 0.29) is 36.4 Å². The highest BCUT2D eigenvalue weighted by atomic mass is 28.3. The Bertz CT molecular complexity index is 3860. The van der Waals surface area contributed by atoms with Crippen molar-refractivity contribution >= 4 is 71.9 Å². The van der Waals surface area contributed by atoms with Crippen LogP contribution in [-0.4, -0.2) is 107 Å². The van der Waals surface area contributed by atoms with Crippen molar-refractivity contribution in [2.24, 2.45) is 10.8 Å². The average molecular weight is 1360 g/mol. The van der Waals surface area contributed by atoms with E-state index in [0.717, 1.165) is 149 Å². The SMILES string of the molecule is CC1(C)CCc2c(-c3cc4ccc(CC(=O)OCc5ccccc5)cc4n3COCC[Si](C)(C)C)nn(COCC[Si](C)(C)C)c2C1.CN(C(=O)OCc1ccccc1)c1ccc2cc(-c3nn(COCC[Si](C)(C)C)c4c3CCC(C)(C)C4)n(COCC[Si](C)(C)C)c2c1. The van der Waals surface area contributed by atoms with Gasteiger partial charge in [-0.3, -0.25) is 9.69 Å². The maximum absolute atomic E-state index is 13.1. The summed E-state index contributed by atoms with van der Waals surface area (Å²) in [5.41, 5.74) is 15.5. The Hall–Kier alpha value is -6.17. The normalized spacial score (nSPS) is 14.7. The van der Waals surface area contributed by atoms with Crippen LogP contribution in [0.25, 0.3) is 44.6 Å². The maximum Gasteiger partial charge on any atom is 0.414 e. The second-order valence-corrected chi connectivity index (χ2v) is 55.6. The summed E-state index contributed by atoms with van der Waals surface area (Å²) < 4.78 is 45.3. The second-order valence-electron chi connectivity index (χ2n) is 33.1. The third-order valence-electron chi connectivity index (χ3n) is 18.4. The fourth-order valence-electron chi connectivity index (χ4n) is 12.2. The third-order valence-corrected chi connectivity index (χ3v) is 25.2. The summed E-state index contributed by atoms with van der Waals surface area (Å²) in [4.78, 5) is 27.5. The van der Waals surface area contributed by atoms with Crippen molar-refractivity contribution in [3.63, 3.8) is 0 Å². The van der Waals surface area contributed by atoms with E-state index in [1.807, 2.05) is 72.8 Å². The summed E-state index contributed by atoms with van der Waals surface area (Å²) in [5.74, 6) is -0.234. The van der Waals surface area contributed by atoms with Crippen LogP contribution >= 0.6 is 0 Å². The molecule has 4 heterocycles. The molecule has 0 radical (unpaired) electrons. The molecule has 15 nitrogen and oxygen atoms in total. The lowest BCUT2D eigenvalue weighted by Crippen LogP contribution is -2.26. The van der Waals surface area contributed by atoms with Gasteiger partial charge in [0, 0.05) is 105 Å². The molecule has 10 rings (SSSR count). The number of hydrogen-bond acceptors (Lipinski definition) is 10. The van der Waals surface area contributed by atoms with Crippen LogP contribution < -0.4 is 4.90 Å². The summed E-state index contributed by atoms with van der Waals surface area (Å²) in [7, 11) is -3.11.